The Morgan fingerprint density at radius 2 is 2.22 bits per heavy atom. The highest BCUT2D eigenvalue weighted by molar-refractivity contribution is 6.30. The zero-order chi connectivity index (χ0) is 19.4. The Labute approximate surface area is 164 Å². The Morgan fingerprint density at radius 3 is 2.96 bits per heavy atom. The normalized spacial score (nSPS) is 18.6. The lowest BCUT2D eigenvalue weighted by Gasteiger charge is -2.35. The van der Waals surface area contributed by atoms with Gasteiger partial charge in [0.25, 0.3) is 5.91 Å². The molecule has 0 radical (unpaired) electrons. The first kappa shape index (κ1) is 19.6. The molecular weight excluding hydrogens is 368 g/mol. The molecule has 0 N–H and O–H groups in total. The average Bonchev–Trinajstić information content (AvgIpc) is 3.08. The Bertz CT molecular complexity index is 780. The van der Waals surface area contributed by atoms with Gasteiger partial charge in [0.05, 0.1) is 6.54 Å². The molecule has 3 rings (SSSR count). The molecule has 2 aromatic rings. The van der Waals surface area contributed by atoms with Crippen LogP contribution in [0.5, 0.6) is 5.75 Å². The molecular formula is C19H25ClN4O3. The van der Waals surface area contributed by atoms with Gasteiger partial charge in [-0.2, -0.15) is 0 Å². The summed E-state index contributed by atoms with van der Waals surface area (Å²) >= 11 is 5.99. The Balaban J connectivity index is 1.72. The maximum atomic E-state index is 13.0. The topological polar surface area (TPSA) is 71.7 Å². The molecule has 1 amide bonds. The SMILES string of the molecule is C[C@@H](Oc1cccc(Cl)c1)C(=O)N1CCCC[C@H]1c1nnc(CN(C)C)o1. The van der Waals surface area contributed by atoms with Crippen molar-refractivity contribution in [1.29, 1.82) is 0 Å². The summed E-state index contributed by atoms with van der Waals surface area (Å²) in [4.78, 5) is 16.8. The molecule has 1 aromatic heterocycles. The Hall–Kier alpha value is -2.12. The molecule has 27 heavy (non-hydrogen) atoms. The van der Waals surface area contributed by atoms with Crippen molar-refractivity contribution in [3.63, 3.8) is 0 Å². The van der Waals surface area contributed by atoms with Gasteiger partial charge in [0.1, 0.15) is 11.8 Å². The summed E-state index contributed by atoms with van der Waals surface area (Å²) in [6.45, 7) is 2.97. The number of hydrogen-bond acceptors (Lipinski definition) is 6. The van der Waals surface area contributed by atoms with Crippen LogP contribution in [0.25, 0.3) is 0 Å². The maximum absolute atomic E-state index is 13.0. The van der Waals surface area contributed by atoms with E-state index in [1.165, 1.54) is 0 Å². The molecule has 8 heteroatoms. The number of ether oxygens (including phenoxy) is 1. The van der Waals surface area contributed by atoms with Crippen LogP contribution >= 0.6 is 11.6 Å². The van der Waals surface area contributed by atoms with Gasteiger partial charge in [-0.15, -0.1) is 10.2 Å². The summed E-state index contributed by atoms with van der Waals surface area (Å²) in [6.07, 6.45) is 2.14. The van der Waals surface area contributed by atoms with E-state index in [2.05, 4.69) is 10.2 Å². The Kier molecular flexibility index (Phi) is 6.34. The third-order valence-electron chi connectivity index (χ3n) is 4.46. The number of hydrogen-bond donors (Lipinski definition) is 0. The van der Waals surface area contributed by atoms with E-state index < -0.39 is 6.10 Å². The molecule has 7 nitrogen and oxygen atoms in total. The molecule has 0 spiro atoms. The predicted octanol–water partition coefficient (Wildman–Crippen LogP) is 3.31. The summed E-state index contributed by atoms with van der Waals surface area (Å²) in [5.74, 6) is 1.53. The Morgan fingerprint density at radius 1 is 1.41 bits per heavy atom. The first-order chi connectivity index (χ1) is 12.9. The summed E-state index contributed by atoms with van der Waals surface area (Å²) in [5, 5.41) is 8.86. The van der Waals surface area contributed by atoms with Gasteiger partial charge in [0, 0.05) is 11.6 Å². The van der Waals surface area contributed by atoms with E-state index in [1.807, 2.05) is 19.0 Å². The largest absolute Gasteiger partial charge is 0.481 e. The average molecular weight is 393 g/mol. The third kappa shape index (κ3) is 4.99. The molecule has 1 aliphatic rings. The monoisotopic (exact) mass is 392 g/mol. The van der Waals surface area contributed by atoms with Crippen LogP contribution in [-0.4, -0.2) is 52.6 Å². The van der Waals surface area contributed by atoms with Gasteiger partial charge in [0.15, 0.2) is 6.10 Å². The molecule has 1 saturated heterocycles. The zero-order valence-corrected chi connectivity index (χ0v) is 16.6. The zero-order valence-electron chi connectivity index (χ0n) is 15.9. The number of piperidine rings is 1. The number of carbonyl (C=O) groups excluding carboxylic acids is 1. The van der Waals surface area contributed by atoms with Crippen LogP contribution in [0.4, 0.5) is 0 Å². The van der Waals surface area contributed by atoms with Gasteiger partial charge < -0.3 is 19.0 Å². The van der Waals surface area contributed by atoms with Crippen molar-refractivity contribution >= 4 is 17.5 Å². The summed E-state index contributed by atoms with van der Waals surface area (Å²) in [5.41, 5.74) is 0. The molecule has 2 heterocycles. The van der Waals surface area contributed by atoms with Crippen LogP contribution < -0.4 is 4.74 Å². The van der Waals surface area contributed by atoms with Gasteiger partial charge in [-0.1, -0.05) is 17.7 Å². The molecule has 1 aliphatic heterocycles. The number of amides is 1. The lowest BCUT2D eigenvalue weighted by molar-refractivity contribution is -0.142. The smallest absolute Gasteiger partial charge is 0.264 e. The fourth-order valence-corrected chi connectivity index (χ4v) is 3.40. The minimum absolute atomic E-state index is 0.0907. The summed E-state index contributed by atoms with van der Waals surface area (Å²) in [7, 11) is 3.88. The molecule has 2 atom stereocenters. The number of likely N-dealkylation sites (tertiary alicyclic amines) is 1. The number of halogens is 1. The van der Waals surface area contributed by atoms with Crippen molar-refractivity contribution in [2.24, 2.45) is 0 Å². The predicted molar refractivity (Wildman–Crippen MR) is 102 cm³/mol. The molecule has 0 unspecified atom stereocenters. The van der Waals surface area contributed by atoms with E-state index in [4.69, 9.17) is 20.8 Å². The van der Waals surface area contributed by atoms with Gasteiger partial charge in [-0.05, 0) is 58.5 Å². The first-order valence-electron chi connectivity index (χ1n) is 9.13. The van der Waals surface area contributed by atoms with E-state index in [9.17, 15) is 4.79 Å². The van der Waals surface area contributed by atoms with Crippen molar-refractivity contribution in [3.8, 4) is 5.75 Å². The standard InChI is InChI=1S/C19H25ClN4O3/c1-13(26-15-8-6-7-14(20)11-15)19(25)24-10-5-4-9-16(24)18-22-21-17(27-18)12-23(2)3/h6-8,11,13,16H,4-5,9-10,12H2,1-3H3/t13-,16+/m1/s1. The van der Waals surface area contributed by atoms with Crippen LogP contribution in [0.2, 0.25) is 5.02 Å². The minimum Gasteiger partial charge on any atom is -0.481 e. The second-order valence-electron chi connectivity index (χ2n) is 7.03. The van der Waals surface area contributed by atoms with Crippen molar-refractivity contribution in [2.75, 3.05) is 20.6 Å². The second-order valence-corrected chi connectivity index (χ2v) is 7.47. The fraction of sp³-hybridized carbons (Fsp3) is 0.526. The van der Waals surface area contributed by atoms with Gasteiger partial charge in [-0.25, -0.2) is 0 Å². The number of aromatic nitrogens is 2. The van der Waals surface area contributed by atoms with Crippen LogP contribution in [-0.2, 0) is 11.3 Å². The fourth-order valence-electron chi connectivity index (χ4n) is 3.22. The van der Waals surface area contributed by atoms with Crippen molar-refractivity contribution < 1.29 is 13.9 Å². The quantitative estimate of drug-likeness (QED) is 0.751. The van der Waals surface area contributed by atoms with E-state index in [0.717, 1.165) is 19.3 Å². The lowest BCUT2D eigenvalue weighted by Crippen LogP contribution is -2.45. The molecule has 1 fully saturated rings. The first-order valence-corrected chi connectivity index (χ1v) is 9.51. The highest BCUT2D eigenvalue weighted by atomic mass is 35.5. The van der Waals surface area contributed by atoms with Crippen molar-refractivity contribution in [3.05, 3.63) is 41.1 Å². The molecule has 146 valence electrons. The van der Waals surface area contributed by atoms with Crippen LogP contribution in [0.3, 0.4) is 0 Å². The van der Waals surface area contributed by atoms with Crippen LogP contribution in [0, 0.1) is 0 Å². The van der Waals surface area contributed by atoms with E-state index in [-0.39, 0.29) is 11.9 Å². The van der Waals surface area contributed by atoms with Crippen LogP contribution in [0.1, 0.15) is 44.0 Å². The number of carbonyl (C=O) groups is 1. The lowest BCUT2D eigenvalue weighted by atomic mass is 10.0. The van der Waals surface area contributed by atoms with E-state index in [1.54, 1.807) is 36.1 Å². The van der Waals surface area contributed by atoms with Gasteiger partial charge >= 0.3 is 0 Å². The van der Waals surface area contributed by atoms with Crippen molar-refractivity contribution in [1.82, 2.24) is 20.0 Å². The number of rotatable bonds is 6. The van der Waals surface area contributed by atoms with Gasteiger partial charge in [0.2, 0.25) is 11.8 Å². The second kappa shape index (κ2) is 8.71. The third-order valence-corrected chi connectivity index (χ3v) is 4.70. The molecule has 0 bridgehead atoms. The van der Waals surface area contributed by atoms with Crippen LogP contribution in [0.15, 0.2) is 28.7 Å². The number of benzene rings is 1. The van der Waals surface area contributed by atoms with Crippen molar-refractivity contribution in [2.45, 2.75) is 44.9 Å². The molecule has 0 aliphatic carbocycles. The molecule has 1 aromatic carbocycles. The highest BCUT2D eigenvalue weighted by Gasteiger charge is 2.34. The minimum atomic E-state index is -0.631. The summed E-state index contributed by atoms with van der Waals surface area (Å²) in [6, 6.07) is 6.84. The molecule has 0 saturated carbocycles. The number of nitrogens with zero attached hydrogens (tertiary/aromatic N) is 4. The van der Waals surface area contributed by atoms with Gasteiger partial charge in [-0.3, -0.25) is 4.79 Å². The maximum Gasteiger partial charge on any atom is 0.264 e. The van der Waals surface area contributed by atoms with E-state index >= 15 is 0 Å². The summed E-state index contributed by atoms with van der Waals surface area (Å²) < 4.78 is 11.6. The highest BCUT2D eigenvalue weighted by Crippen LogP contribution is 2.31. The van der Waals surface area contributed by atoms with E-state index in [0.29, 0.717) is 35.6 Å².